The molecule has 3 aliphatic rings. The maximum Gasteiger partial charge on any atom is 0.320 e. The Bertz CT molecular complexity index is 375. The molecule has 0 aliphatic carbocycles. The SMILES string of the molecule is CN1CCC(C2CCCN2C(=O)N2CC(F)(F)C2)CC1. The molecule has 114 valence electrons. The predicted octanol–water partition coefficient (Wildman–Crippen LogP) is 1.86. The van der Waals surface area contributed by atoms with E-state index in [0.29, 0.717) is 5.92 Å². The van der Waals surface area contributed by atoms with E-state index in [2.05, 4.69) is 11.9 Å². The number of rotatable bonds is 1. The van der Waals surface area contributed by atoms with Gasteiger partial charge in [-0.1, -0.05) is 0 Å². The standard InChI is InChI=1S/C14H23F2N3O/c1-17-7-4-11(5-8-17)12-3-2-6-19(12)13(20)18-9-14(15,16)10-18/h11-12H,2-10H2,1H3. The molecule has 3 aliphatic heterocycles. The summed E-state index contributed by atoms with van der Waals surface area (Å²) in [4.78, 5) is 17.8. The van der Waals surface area contributed by atoms with Crippen LogP contribution in [0.3, 0.4) is 0 Å². The maximum absolute atomic E-state index is 12.9. The molecule has 0 N–H and O–H groups in total. The molecule has 3 heterocycles. The van der Waals surface area contributed by atoms with Gasteiger partial charge in [-0.05, 0) is 51.7 Å². The molecule has 1 unspecified atom stereocenters. The monoisotopic (exact) mass is 287 g/mol. The van der Waals surface area contributed by atoms with E-state index >= 15 is 0 Å². The number of urea groups is 1. The third-order valence-corrected chi connectivity index (χ3v) is 4.97. The quantitative estimate of drug-likeness (QED) is 0.736. The number of halogens is 2. The molecule has 0 saturated carbocycles. The molecule has 0 aromatic heterocycles. The van der Waals surface area contributed by atoms with Crippen LogP contribution < -0.4 is 0 Å². The van der Waals surface area contributed by atoms with Crippen LogP contribution in [0.25, 0.3) is 0 Å². The summed E-state index contributed by atoms with van der Waals surface area (Å²) in [5, 5.41) is 0. The molecule has 2 amide bonds. The van der Waals surface area contributed by atoms with Crippen molar-refractivity contribution in [3.63, 3.8) is 0 Å². The molecule has 6 heteroatoms. The third-order valence-electron chi connectivity index (χ3n) is 4.97. The van der Waals surface area contributed by atoms with Gasteiger partial charge in [0, 0.05) is 12.6 Å². The summed E-state index contributed by atoms with van der Waals surface area (Å²) < 4.78 is 25.8. The van der Waals surface area contributed by atoms with Crippen LogP contribution in [0.15, 0.2) is 0 Å². The zero-order valence-electron chi connectivity index (χ0n) is 12.0. The molecule has 0 radical (unpaired) electrons. The first kappa shape index (κ1) is 14.0. The first-order valence-corrected chi connectivity index (χ1v) is 7.58. The van der Waals surface area contributed by atoms with E-state index < -0.39 is 19.0 Å². The molecular formula is C14H23F2N3O. The summed E-state index contributed by atoms with van der Waals surface area (Å²) in [6.07, 6.45) is 4.26. The van der Waals surface area contributed by atoms with Crippen molar-refractivity contribution >= 4 is 6.03 Å². The first-order valence-electron chi connectivity index (χ1n) is 7.58. The van der Waals surface area contributed by atoms with E-state index in [9.17, 15) is 13.6 Å². The number of likely N-dealkylation sites (tertiary alicyclic amines) is 3. The molecule has 3 saturated heterocycles. The Kier molecular flexibility index (Phi) is 3.60. The second kappa shape index (κ2) is 5.13. The fourth-order valence-corrected chi connectivity index (χ4v) is 3.76. The molecule has 1 atom stereocenters. The number of carbonyl (C=O) groups excluding carboxylic acids is 1. The van der Waals surface area contributed by atoms with Crippen LogP contribution in [0.2, 0.25) is 0 Å². The first-order chi connectivity index (χ1) is 9.46. The van der Waals surface area contributed by atoms with Crippen molar-refractivity contribution < 1.29 is 13.6 Å². The molecule has 3 fully saturated rings. The summed E-state index contributed by atoms with van der Waals surface area (Å²) in [5.74, 6) is -2.13. The van der Waals surface area contributed by atoms with Crippen molar-refractivity contribution in [2.24, 2.45) is 5.92 Å². The van der Waals surface area contributed by atoms with Gasteiger partial charge in [-0.3, -0.25) is 0 Å². The molecule has 4 nitrogen and oxygen atoms in total. The van der Waals surface area contributed by atoms with E-state index in [4.69, 9.17) is 0 Å². The Labute approximate surface area is 118 Å². The van der Waals surface area contributed by atoms with Crippen LogP contribution in [0.1, 0.15) is 25.7 Å². The summed E-state index contributed by atoms with van der Waals surface area (Å²) in [5.41, 5.74) is 0. The largest absolute Gasteiger partial charge is 0.321 e. The molecule has 3 rings (SSSR count). The lowest BCUT2D eigenvalue weighted by Crippen LogP contribution is -2.62. The lowest BCUT2D eigenvalue weighted by atomic mass is 9.88. The van der Waals surface area contributed by atoms with Crippen molar-refractivity contribution in [3.05, 3.63) is 0 Å². The van der Waals surface area contributed by atoms with Crippen molar-refractivity contribution in [1.82, 2.24) is 14.7 Å². The van der Waals surface area contributed by atoms with Crippen LogP contribution in [0, 0.1) is 5.92 Å². The summed E-state index contributed by atoms with van der Waals surface area (Å²) in [6, 6.07) is 0.0998. The number of hydrogen-bond acceptors (Lipinski definition) is 2. The van der Waals surface area contributed by atoms with E-state index in [0.717, 1.165) is 45.3 Å². The van der Waals surface area contributed by atoms with Crippen molar-refractivity contribution in [2.45, 2.75) is 37.6 Å². The normalized spacial score (nSPS) is 31.4. The number of amides is 2. The highest BCUT2D eigenvalue weighted by atomic mass is 19.3. The topological polar surface area (TPSA) is 26.8 Å². The smallest absolute Gasteiger partial charge is 0.320 e. The lowest BCUT2D eigenvalue weighted by molar-refractivity contribution is -0.114. The van der Waals surface area contributed by atoms with Gasteiger partial charge in [-0.15, -0.1) is 0 Å². The Hall–Kier alpha value is -0.910. The minimum atomic E-state index is -2.67. The van der Waals surface area contributed by atoms with Gasteiger partial charge in [-0.2, -0.15) is 0 Å². The van der Waals surface area contributed by atoms with Crippen LogP contribution in [0.5, 0.6) is 0 Å². The molecule has 0 spiro atoms. The van der Waals surface area contributed by atoms with E-state index in [1.54, 1.807) is 0 Å². The maximum atomic E-state index is 12.9. The van der Waals surface area contributed by atoms with Crippen molar-refractivity contribution in [3.8, 4) is 0 Å². The van der Waals surface area contributed by atoms with Crippen LogP contribution in [0.4, 0.5) is 13.6 Å². The second-order valence-corrected chi connectivity index (χ2v) is 6.54. The fraction of sp³-hybridized carbons (Fsp3) is 0.929. The highest BCUT2D eigenvalue weighted by Gasteiger charge is 2.49. The Morgan fingerprint density at radius 3 is 2.35 bits per heavy atom. The van der Waals surface area contributed by atoms with E-state index in [-0.39, 0.29) is 12.1 Å². The second-order valence-electron chi connectivity index (χ2n) is 6.54. The summed E-state index contributed by atoms with van der Waals surface area (Å²) in [6.45, 7) is 2.08. The number of nitrogens with zero attached hydrogens (tertiary/aromatic N) is 3. The minimum absolute atomic E-state index is 0.169. The molecule has 20 heavy (non-hydrogen) atoms. The number of hydrogen-bond donors (Lipinski definition) is 0. The lowest BCUT2D eigenvalue weighted by Gasteiger charge is -2.43. The van der Waals surface area contributed by atoms with E-state index in [1.165, 1.54) is 4.90 Å². The van der Waals surface area contributed by atoms with Crippen molar-refractivity contribution in [2.75, 3.05) is 39.8 Å². The van der Waals surface area contributed by atoms with Crippen LogP contribution in [-0.4, -0.2) is 72.5 Å². The third kappa shape index (κ3) is 2.62. The van der Waals surface area contributed by atoms with Crippen molar-refractivity contribution in [1.29, 1.82) is 0 Å². The minimum Gasteiger partial charge on any atom is -0.321 e. The highest BCUT2D eigenvalue weighted by molar-refractivity contribution is 5.76. The Balaban J connectivity index is 1.59. The van der Waals surface area contributed by atoms with Gasteiger partial charge in [-0.25, -0.2) is 13.6 Å². The number of carbonyl (C=O) groups is 1. The zero-order chi connectivity index (χ0) is 14.3. The van der Waals surface area contributed by atoms with Crippen LogP contribution in [-0.2, 0) is 0 Å². The van der Waals surface area contributed by atoms with Gasteiger partial charge in [0.1, 0.15) is 0 Å². The van der Waals surface area contributed by atoms with Gasteiger partial charge in [0.15, 0.2) is 0 Å². The van der Waals surface area contributed by atoms with E-state index in [1.807, 2.05) is 4.90 Å². The average molecular weight is 287 g/mol. The molecule has 0 aromatic carbocycles. The van der Waals surface area contributed by atoms with Gasteiger partial charge in [0.2, 0.25) is 0 Å². The predicted molar refractivity (Wildman–Crippen MR) is 71.9 cm³/mol. The number of alkyl halides is 2. The molecular weight excluding hydrogens is 264 g/mol. The van der Waals surface area contributed by atoms with Gasteiger partial charge in [0.25, 0.3) is 5.92 Å². The zero-order valence-corrected chi connectivity index (χ0v) is 12.0. The molecule has 0 bridgehead atoms. The van der Waals surface area contributed by atoms with Gasteiger partial charge in [0.05, 0.1) is 13.1 Å². The van der Waals surface area contributed by atoms with Crippen LogP contribution >= 0.6 is 0 Å². The number of piperidine rings is 1. The molecule has 0 aromatic rings. The average Bonchev–Trinajstić information content (AvgIpc) is 2.85. The fourth-order valence-electron chi connectivity index (χ4n) is 3.76. The highest BCUT2D eigenvalue weighted by Crippen LogP contribution is 2.34. The Morgan fingerprint density at radius 1 is 1.10 bits per heavy atom. The summed E-state index contributed by atoms with van der Waals surface area (Å²) in [7, 11) is 2.12. The van der Waals surface area contributed by atoms with Gasteiger partial charge < -0.3 is 14.7 Å². The van der Waals surface area contributed by atoms with Gasteiger partial charge >= 0.3 is 6.03 Å². The summed E-state index contributed by atoms with van der Waals surface area (Å²) >= 11 is 0. The Morgan fingerprint density at radius 2 is 1.75 bits per heavy atom.